The maximum absolute atomic E-state index is 13.2. The molecule has 0 bridgehead atoms. The predicted octanol–water partition coefficient (Wildman–Crippen LogP) is 3.50. The standard InChI is InChI=1S/C27H22ClF3N4O5/c28-20-8-4-5-17(13-20)23(37)33-25(32-14-21(36)24(38)39)35-15-26(40,18-6-2-1-3-7-18)22(34-35)16-9-11-19(12-10-16)27(29,30)31/h1-13,21,36,40H,14-15H2,(H,38,39)(H,32,33,37). The van der Waals surface area contributed by atoms with E-state index in [1.807, 2.05) is 0 Å². The Morgan fingerprint density at radius 1 is 1.07 bits per heavy atom. The molecule has 9 nitrogen and oxygen atoms in total. The van der Waals surface area contributed by atoms with Gasteiger partial charge in [-0.1, -0.05) is 60.1 Å². The van der Waals surface area contributed by atoms with E-state index in [2.05, 4.69) is 15.4 Å². The second-order valence-corrected chi connectivity index (χ2v) is 9.23. The van der Waals surface area contributed by atoms with Gasteiger partial charge in [0.2, 0.25) is 5.96 Å². The van der Waals surface area contributed by atoms with Gasteiger partial charge in [0.15, 0.2) is 11.7 Å². The summed E-state index contributed by atoms with van der Waals surface area (Å²) >= 11 is 5.98. The molecular formula is C27H22ClF3N4O5. The normalized spacial score (nSPS) is 18.3. The van der Waals surface area contributed by atoms with E-state index in [-0.39, 0.29) is 34.4 Å². The van der Waals surface area contributed by atoms with E-state index in [1.54, 1.807) is 36.4 Å². The molecule has 0 aromatic heterocycles. The lowest BCUT2D eigenvalue weighted by Crippen LogP contribution is -2.45. The molecule has 0 radical (unpaired) electrons. The Morgan fingerprint density at radius 2 is 1.75 bits per heavy atom. The smallest absolute Gasteiger partial charge is 0.416 e. The summed E-state index contributed by atoms with van der Waals surface area (Å²) in [7, 11) is 0. The second kappa shape index (κ2) is 11.5. The number of β-amino-alcohol motifs (C(OH)–C–C–N with tert-alkyl or cyclic N) is 1. The molecule has 0 spiro atoms. The molecule has 4 rings (SSSR count). The zero-order valence-corrected chi connectivity index (χ0v) is 21.3. The van der Waals surface area contributed by atoms with Crippen LogP contribution in [-0.2, 0) is 16.6 Å². The van der Waals surface area contributed by atoms with Gasteiger partial charge in [0, 0.05) is 16.1 Å². The fourth-order valence-corrected chi connectivity index (χ4v) is 4.14. The van der Waals surface area contributed by atoms with Crippen molar-refractivity contribution in [1.82, 2.24) is 10.3 Å². The van der Waals surface area contributed by atoms with Crippen LogP contribution in [0.15, 0.2) is 89.0 Å². The Kier molecular flexibility index (Phi) is 8.24. The monoisotopic (exact) mass is 574 g/mol. The fourth-order valence-electron chi connectivity index (χ4n) is 3.95. The van der Waals surface area contributed by atoms with Crippen molar-refractivity contribution in [2.24, 2.45) is 10.1 Å². The maximum atomic E-state index is 13.2. The summed E-state index contributed by atoms with van der Waals surface area (Å²) in [6.45, 7) is -1.03. The Balaban J connectivity index is 1.77. The molecule has 0 saturated carbocycles. The molecule has 40 heavy (non-hydrogen) atoms. The SMILES string of the molecule is O=C(NC(=NCC(O)C(=O)O)N1CC(O)(c2ccccc2)C(c2ccc(C(F)(F)F)cc2)=N1)c1cccc(Cl)c1. The number of alkyl halides is 3. The van der Waals surface area contributed by atoms with Gasteiger partial charge in [-0.25, -0.2) is 14.8 Å². The molecule has 208 valence electrons. The minimum atomic E-state index is -4.58. The highest BCUT2D eigenvalue weighted by Gasteiger charge is 2.45. The molecule has 1 amide bonds. The number of carbonyl (C=O) groups is 2. The van der Waals surface area contributed by atoms with E-state index >= 15 is 0 Å². The summed E-state index contributed by atoms with van der Waals surface area (Å²) < 4.78 is 39.5. The first-order valence-electron chi connectivity index (χ1n) is 11.7. The van der Waals surface area contributed by atoms with Crippen LogP contribution in [0.1, 0.15) is 27.0 Å². The van der Waals surface area contributed by atoms with Crippen molar-refractivity contribution in [3.05, 3.63) is 106 Å². The van der Waals surface area contributed by atoms with Crippen molar-refractivity contribution < 1.29 is 38.1 Å². The summed E-state index contributed by atoms with van der Waals surface area (Å²) in [5.74, 6) is -2.57. The summed E-state index contributed by atoms with van der Waals surface area (Å²) in [5.41, 5.74) is -2.18. The van der Waals surface area contributed by atoms with Gasteiger partial charge in [0.25, 0.3) is 5.91 Å². The number of aliphatic hydroxyl groups excluding tert-OH is 1. The van der Waals surface area contributed by atoms with Crippen LogP contribution in [-0.4, -0.2) is 63.1 Å². The number of hydrazone groups is 1. The zero-order valence-electron chi connectivity index (χ0n) is 20.5. The fraction of sp³-hybridized carbons (Fsp3) is 0.185. The van der Waals surface area contributed by atoms with E-state index in [9.17, 15) is 33.0 Å². The third-order valence-corrected chi connectivity index (χ3v) is 6.22. The highest BCUT2D eigenvalue weighted by molar-refractivity contribution is 6.31. The van der Waals surface area contributed by atoms with Crippen LogP contribution in [0, 0.1) is 0 Å². The van der Waals surface area contributed by atoms with E-state index in [0.29, 0.717) is 5.56 Å². The number of aliphatic carboxylic acids is 1. The number of aliphatic imine (C=N–C) groups is 1. The van der Waals surface area contributed by atoms with Gasteiger partial charge in [-0.15, -0.1) is 0 Å². The van der Waals surface area contributed by atoms with E-state index in [1.165, 1.54) is 18.2 Å². The molecule has 4 N–H and O–H groups in total. The van der Waals surface area contributed by atoms with Crippen molar-refractivity contribution in [1.29, 1.82) is 0 Å². The van der Waals surface area contributed by atoms with Gasteiger partial charge in [-0.2, -0.15) is 18.3 Å². The van der Waals surface area contributed by atoms with Gasteiger partial charge in [0.1, 0.15) is 5.71 Å². The molecule has 2 atom stereocenters. The first kappa shape index (κ1) is 28.7. The highest BCUT2D eigenvalue weighted by atomic mass is 35.5. The van der Waals surface area contributed by atoms with Crippen LogP contribution >= 0.6 is 11.6 Å². The first-order valence-corrected chi connectivity index (χ1v) is 12.1. The number of carbonyl (C=O) groups excluding carboxylic acids is 1. The number of carboxylic acid groups (broad SMARTS) is 1. The number of nitrogens with one attached hydrogen (secondary N) is 1. The minimum Gasteiger partial charge on any atom is -0.479 e. The Bertz CT molecular complexity index is 1460. The Morgan fingerprint density at radius 3 is 2.35 bits per heavy atom. The van der Waals surface area contributed by atoms with Gasteiger partial charge in [-0.3, -0.25) is 10.1 Å². The average Bonchev–Trinajstić information content (AvgIpc) is 3.29. The predicted molar refractivity (Wildman–Crippen MR) is 140 cm³/mol. The lowest BCUT2D eigenvalue weighted by molar-refractivity contribution is -0.146. The van der Waals surface area contributed by atoms with Crippen LogP contribution in [0.3, 0.4) is 0 Å². The van der Waals surface area contributed by atoms with Gasteiger partial charge >= 0.3 is 12.1 Å². The van der Waals surface area contributed by atoms with Crippen molar-refractivity contribution in [2.75, 3.05) is 13.1 Å². The number of carboxylic acids is 1. The van der Waals surface area contributed by atoms with Crippen LogP contribution in [0.2, 0.25) is 5.02 Å². The lowest BCUT2D eigenvalue weighted by atomic mass is 9.85. The second-order valence-electron chi connectivity index (χ2n) is 8.79. The van der Waals surface area contributed by atoms with Crippen molar-refractivity contribution in [2.45, 2.75) is 17.9 Å². The van der Waals surface area contributed by atoms with Gasteiger partial charge < -0.3 is 15.3 Å². The molecule has 13 heteroatoms. The third kappa shape index (κ3) is 6.30. The molecule has 1 aliphatic rings. The number of benzene rings is 3. The summed E-state index contributed by atoms with van der Waals surface area (Å²) in [4.78, 5) is 28.2. The number of guanidine groups is 1. The van der Waals surface area contributed by atoms with Crippen molar-refractivity contribution in [3.63, 3.8) is 0 Å². The average molecular weight is 575 g/mol. The summed E-state index contributed by atoms with van der Waals surface area (Å²) in [6.07, 6.45) is -6.49. The van der Waals surface area contributed by atoms with Crippen LogP contribution in [0.5, 0.6) is 0 Å². The number of halogens is 4. The topological polar surface area (TPSA) is 135 Å². The van der Waals surface area contributed by atoms with Crippen molar-refractivity contribution in [3.8, 4) is 0 Å². The molecule has 3 aromatic rings. The number of nitrogens with zero attached hydrogens (tertiary/aromatic N) is 3. The summed E-state index contributed by atoms with van der Waals surface area (Å²) in [6, 6.07) is 18.2. The van der Waals surface area contributed by atoms with Crippen LogP contribution < -0.4 is 5.32 Å². The minimum absolute atomic E-state index is 0.0455. The van der Waals surface area contributed by atoms with Gasteiger partial charge in [-0.05, 0) is 35.9 Å². The first-order chi connectivity index (χ1) is 18.9. The van der Waals surface area contributed by atoms with Crippen LogP contribution in [0.4, 0.5) is 13.2 Å². The number of hydrogen-bond donors (Lipinski definition) is 4. The Labute approximate surface area is 230 Å². The molecular weight excluding hydrogens is 553 g/mol. The largest absolute Gasteiger partial charge is 0.479 e. The quantitative estimate of drug-likeness (QED) is 0.263. The lowest BCUT2D eigenvalue weighted by Gasteiger charge is -2.26. The van der Waals surface area contributed by atoms with E-state index in [4.69, 9.17) is 16.7 Å². The molecule has 0 aliphatic carbocycles. The number of amides is 1. The molecule has 0 fully saturated rings. The van der Waals surface area contributed by atoms with Crippen LogP contribution in [0.25, 0.3) is 0 Å². The third-order valence-electron chi connectivity index (χ3n) is 5.98. The van der Waals surface area contributed by atoms with E-state index in [0.717, 1.165) is 29.3 Å². The molecule has 3 aromatic carbocycles. The number of aliphatic hydroxyl groups is 2. The molecule has 2 unspecified atom stereocenters. The molecule has 1 aliphatic heterocycles. The number of rotatable bonds is 6. The number of hydrogen-bond acceptors (Lipinski definition) is 6. The van der Waals surface area contributed by atoms with Gasteiger partial charge in [0.05, 0.1) is 18.7 Å². The zero-order chi connectivity index (χ0) is 29.1. The maximum Gasteiger partial charge on any atom is 0.416 e. The highest BCUT2D eigenvalue weighted by Crippen LogP contribution is 2.35. The van der Waals surface area contributed by atoms with E-state index < -0.39 is 41.9 Å². The van der Waals surface area contributed by atoms with Crippen molar-refractivity contribution >= 4 is 35.1 Å². The molecule has 1 heterocycles. The Hall–Kier alpha value is -4.26. The molecule has 0 saturated heterocycles. The summed E-state index contributed by atoms with van der Waals surface area (Å²) in [5, 5.41) is 38.9.